The van der Waals surface area contributed by atoms with Crippen molar-refractivity contribution in [2.75, 3.05) is 7.05 Å². The Labute approximate surface area is 94.6 Å². The lowest BCUT2D eigenvalue weighted by molar-refractivity contribution is 0.0540. The molecule has 0 saturated carbocycles. The summed E-state index contributed by atoms with van der Waals surface area (Å²) in [6.45, 7) is 18.1. The van der Waals surface area contributed by atoms with Crippen LogP contribution in [0.3, 0.4) is 0 Å². The summed E-state index contributed by atoms with van der Waals surface area (Å²) in [7, 11) is 2.07. The second-order valence-corrected chi connectivity index (χ2v) is 4.47. The zero-order valence-electron chi connectivity index (χ0n) is 11.0. The standard InChI is InChI=1S/C13H25NO/c1-9(2)14(8)12(6)11(5)13(7)15-10(3)4/h11-13H,1,3H2,2,4-8H3. The Morgan fingerprint density at radius 1 is 1.13 bits per heavy atom. The molecule has 0 amide bonds. The molecule has 0 fully saturated rings. The Hall–Kier alpha value is -0.920. The van der Waals surface area contributed by atoms with Gasteiger partial charge in [-0.3, -0.25) is 0 Å². The van der Waals surface area contributed by atoms with E-state index in [1.165, 1.54) is 0 Å². The molecule has 2 heteroatoms. The molecule has 0 aliphatic carbocycles. The van der Waals surface area contributed by atoms with Gasteiger partial charge in [-0.25, -0.2) is 0 Å². The molecular weight excluding hydrogens is 186 g/mol. The van der Waals surface area contributed by atoms with Crippen molar-refractivity contribution >= 4 is 0 Å². The van der Waals surface area contributed by atoms with Gasteiger partial charge in [-0.1, -0.05) is 20.1 Å². The van der Waals surface area contributed by atoms with Crippen LogP contribution in [0.25, 0.3) is 0 Å². The van der Waals surface area contributed by atoms with E-state index in [0.29, 0.717) is 12.0 Å². The van der Waals surface area contributed by atoms with Gasteiger partial charge in [0.2, 0.25) is 0 Å². The zero-order chi connectivity index (χ0) is 12.2. The van der Waals surface area contributed by atoms with Crippen LogP contribution in [0, 0.1) is 5.92 Å². The molecule has 0 radical (unpaired) electrons. The number of hydrogen-bond acceptors (Lipinski definition) is 2. The van der Waals surface area contributed by atoms with Crippen LogP contribution in [0.1, 0.15) is 34.6 Å². The maximum atomic E-state index is 5.61. The fourth-order valence-electron chi connectivity index (χ4n) is 1.52. The van der Waals surface area contributed by atoms with E-state index in [1.54, 1.807) is 0 Å². The number of nitrogens with zero attached hydrogens (tertiary/aromatic N) is 1. The minimum atomic E-state index is 0.180. The van der Waals surface area contributed by atoms with E-state index in [0.717, 1.165) is 11.5 Å². The van der Waals surface area contributed by atoms with Gasteiger partial charge in [-0.15, -0.1) is 0 Å². The largest absolute Gasteiger partial charge is 0.496 e. The predicted molar refractivity (Wildman–Crippen MR) is 66.6 cm³/mol. The van der Waals surface area contributed by atoms with Crippen molar-refractivity contribution in [3.8, 4) is 0 Å². The van der Waals surface area contributed by atoms with Gasteiger partial charge in [-0.2, -0.15) is 0 Å². The highest BCUT2D eigenvalue weighted by molar-refractivity contribution is 4.92. The van der Waals surface area contributed by atoms with Gasteiger partial charge in [0.25, 0.3) is 0 Å². The second-order valence-electron chi connectivity index (χ2n) is 4.47. The molecule has 0 aromatic rings. The first-order valence-electron chi connectivity index (χ1n) is 5.47. The molecule has 3 unspecified atom stereocenters. The molecule has 2 nitrogen and oxygen atoms in total. The lowest BCUT2D eigenvalue weighted by Gasteiger charge is -2.34. The van der Waals surface area contributed by atoms with Gasteiger partial charge in [0.05, 0.1) is 11.9 Å². The lowest BCUT2D eigenvalue weighted by atomic mass is 9.96. The molecule has 0 bridgehead atoms. The molecule has 0 aliphatic heterocycles. The topological polar surface area (TPSA) is 12.5 Å². The minimum Gasteiger partial charge on any atom is -0.496 e. The van der Waals surface area contributed by atoms with Crippen LogP contribution in [0.5, 0.6) is 0 Å². The summed E-state index contributed by atoms with van der Waals surface area (Å²) < 4.78 is 5.61. The van der Waals surface area contributed by atoms with Crippen LogP contribution in [-0.2, 0) is 4.74 Å². The Morgan fingerprint density at radius 3 is 1.93 bits per heavy atom. The lowest BCUT2D eigenvalue weighted by Crippen LogP contribution is -2.38. The van der Waals surface area contributed by atoms with Crippen molar-refractivity contribution in [1.82, 2.24) is 4.90 Å². The van der Waals surface area contributed by atoms with E-state index < -0.39 is 0 Å². The molecule has 0 aromatic carbocycles. The third kappa shape index (κ3) is 4.41. The average molecular weight is 211 g/mol. The maximum Gasteiger partial charge on any atom is 0.0998 e. The molecule has 15 heavy (non-hydrogen) atoms. The third-order valence-electron chi connectivity index (χ3n) is 3.10. The first kappa shape index (κ1) is 14.1. The molecule has 3 atom stereocenters. The number of allylic oxidation sites excluding steroid dienone is 2. The summed E-state index contributed by atoms with van der Waals surface area (Å²) >= 11 is 0. The van der Waals surface area contributed by atoms with Crippen LogP contribution < -0.4 is 0 Å². The van der Waals surface area contributed by atoms with Crippen molar-refractivity contribution in [3.63, 3.8) is 0 Å². The summed E-state index contributed by atoms with van der Waals surface area (Å²) in [6.07, 6.45) is 0.180. The first-order valence-corrected chi connectivity index (χ1v) is 5.47. The van der Waals surface area contributed by atoms with Crippen LogP contribution >= 0.6 is 0 Å². The number of rotatable bonds is 6. The molecule has 0 heterocycles. The number of ether oxygens (including phenoxy) is 1. The molecule has 0 N–H and O–H groups in total. The molecule has 0 aliphatic rings. The molecule has 0 rings (SSSR count). The van der Waals surface area contributed by atoms with E-state index in [4.69, 9.17) is 4.74 Å². The highest BCUT2D eigenvalue weighted by atomic mass is 16.5. The van der Waals surface area contributed by atoms with Gasteiger partial charge < -0.3 is 9.64 Å². The Morgan fingerprint density at radius 2 is 1.60 bits per heavy atom. The number of hydrogen-bond donors (Lipinski definition) is 0. The molecule has 0 spiro atoms. The summed E-state index contributed by atoms with van der Waals surface area (Å²) in [5, 5.41) is 0. The Bertz CT molecular complexity index is 235. The Balaban J connectivity index is 4.36. The van der Waals surface area contributed by atoms with E-state index >= 15 is 0 Å². The SMILES string of the molecule is C=C(C)OC(C)C(C)C(C)N(C)C(=C)C. The summed E-state index contributed by atoms with van der Waals surface area (Å²) in [5.74, 6) is 1.21. The fourth-order valence-corrected chi connectivity index (χ4v) is 1.52. The quantitative estimate of drug-likeness (QED) is 0.624. The van der Waals surface area contributed by atoms with Crippen molar-refractivity contribution in [1.29, 1.82) is 0 Å². The minimum absolute atomic E-state index is 0.180. The summed E-state index contributed by atoms with van der Waals surface area (Å²) in [5.41, 5.74) is 1.08. The predicted octanol–water partition coefficient (Wildman–Crippen LogP) is 3.42. The molecule has 0 saturated heterocycles. The molecular formula is C13H25NO. The molecule has 88 valence electrons. The van der Waals surface area contributed by atoms with Crippen LogP contribution in [-0.4, -0.2) is 24.1 Å². The van der Waals surface area contributed by atoms with Crippen LogP contribution in [0.4, 0.5) is 0 Å². The van der Waals surface area contributed by atoms with Gasteiger partial charge in [0.1, 0.15) is 0 Å². The molecule has 0 aromatic heterocycles. The Kier molecular flexibility index (Phi) is 5.48. The van der Waals surface area contributed by atoms with E-state index in [-0.39, 0.29) is 6.10 Å². The highest BCUT2D eigenvalue weighted by Gasteiger charge is 2.23. The van der Waals surface area contributed by atoms with E-state index in [2.05, 4.69) is 45.9 Å². The third-order valence-corrected chi connectivity index (χ3v) is 3.10. The zero-order valence-corrected chi connectivity index (χ0v) is 11.0. The van der Waals surface area contributed by atoms with Gasteiger partial charge in [0, 0.05) is 24.7 Å². The van der Waals surface area contributed by atoms with Gasteiger partial charge in [-0.05, 0) is 27.7 Å². The highest BCUT2D eigenvalue weighted by Crippen LogP contribution is 2.19. The second kappa shape index (κ2) is 5.84. The first-order chi connectivity index (χ1) is 6.77. The monoisotopic (exact) mass is 211 g/mol. The van der Waals surface area contributed by atoms with Gasteiger partial charge in [0.15, 0.2) is 0 Å². The van der Waals surface area contributed by atoms with Crippen molar-refractivity contribution in [3.05, 3.63) is 24.6 Å². The maximum absolute atomic E-state index is 5.61. The summed E-state index contributed by atoms with van der Waals surface area (Å²) in [4.78, 5) is 2.18. The van der Waals surface area contributed by atoms with E-state index in [1.807, 2.05) is 13.8 Å². The summed E-state index contributed by atoms with van der Waals surface area (Å²) in [6, 6.07) is 0.414. The van der Waals surface area contributed by atoms with Gasteiger partial charge >= 0.3 is 0 Å². The van der Waals surface area contributed by atoms with Crippen molar-refractivity contribution in [2.45, 2.75) is 46.8 Å². The van der Waals surface area contributed by atoms with Crippen molar-refractivity contribution in [2.24, 2.45) is 5.92 Å². The van der Waals surface area contributed by atoms with Crippen LogP contribution in [0.15, 0.2) is 24.6 Å². The van der Waals surface area contributed by atoms with Crippen LogP contribution in [0.2, 0.25) is 0 Å². The smallest absolute Gasteiger partial charge is 0.0998 e. The average Bonchev–Trinajstić information content (AvgIpc) is 2.13. The van der Waals surface area contributed by atoms with E-state index in [9.17, 15) is 0 Å². The fraction of sp³-hybridized carbons (Fsp3) is 0.692. The van der Waals surface area contributed by atoms with Crippen molar-refractivity contribution < 1.29 is 4.74 Å². The normalized spacial score (nSPS) is 16.4.